The van der Waals surface area contributed by atoms with Crippen LogP contribution in [0, 0.1) is 0 Å². The number of ether oxygens (including phenoxy) is 3. The molecule has 1 fully saturated rings. The van der Waals surface area contributed by atoms with Gasteiger partial charge in [0, 0.05) is 18.6 Å². The summed E-state index contributed by atoms with van der Waals surface area (Å²) in [6.45, 7) is 1.37. The van der Waals surface area contributed by atoms with Crippen LogP contribution in [0.4, 0.5) is 0 Å². The molecule has 1 aliphatic heterocycles. The quantitative estimate of drug-likeness (QED) is 0.840. The summed E-state index contributed by atoms with van der Waals surface area (Å²) in [7, 11) is 3.08. The number of aromatic nitrogens is 3. The minimum absolute atomic E-state index is 0.199. The van der Waals surface area contributed by atoms with Crippen molar-refractivity contribution in [2.45, 2.75) is 12.3 Å². The molecule has 20 heavy (non-hydrogen) atoms. The highest BCUT2D eigenvalue weighted by molar-refractivity contribution is 5.60. The van der Waals surface area contributed by atoms with Crippen LogP contribution in [0.1, 0.15) is 18.2 Å². The normalized spacial score (nSPS) is 18.2. The van der Waals surface area contributed by atoms with Crippen molar-refractivity contribution in [3.63, 3.8) is 0 Å². The van der Waals surface area contributed by atoms with Crippen LogP contribution in [-0.2, 0) is 4.74 Å². The molecular weight excluding hydrogens is 262 g/mol. The molecule has 3 heterocycles. The van der Waals surface area contributed by atoms with E-state index in [4.69, 9.17) is 18.7 Å². The van der Waals surface area contributed by atoms with Crippen LogP contribution < -0.4 is 9.47 Å². The molecule has 0 radical (unpaired) electrons. The second-order valence-corrected chi connectivity index (χ2v) is 4.43. The molecule has 0 N–H and O–H groups in total. The lowest BCUT2D eigenvalue weighted by atomic mass is 10.1. The lowest BCUT2D eigenvalue weighted by molar-refractivity contribution is 0.192. The number of pyridine rings is 1. The van der Waals surface area contributed by atoms with Crippen molar-refractivity contribution >= 4 is 0 Å². The van der Waals surface area contributed by atoms with Crippen molar-refractivity contribution in [2.75, 3.05) is 27.4 Å². The molecule has 2 aromatic heterocycles. The summed E-state index contributed by atoms with van der Waals surface area (Å²) in [5, 5.41) is 4.01. The minimum atomic E-state index is 0.199. The highest BCUT2D eigenvalue weighted by Crippen LogP contribution is 2.31. The van der Waals surface area contributed by atoms with Gasteiger partial charge in [-0.2, -0.15) is 9.97 Å². The predicted molar refractivity (Wildman–Crippen MR) is 68.8 cm³/mol. The summed E-state index contributed by atoms with van der Waals surface area (Å²) >= 11 is 0. The van der Waals surface area contributed by atoms with Crippen LogP contribution in [0.5, 0.6) is 11.8 Å². The van der Waals surface area contributed by atoms with E-state index in [2.05, 4.69) is 15.1 Å². The molecule has 0 aromatic carbocycles. The van der Waals surface area contributed by atoms with Crippen molar-refractivity contribution in [2.24, 2.45) is 0 Å². The van der Waals surface area contributed by atoms with E-state index in [9.17, 15) is 0 Å². The van der Waals surface area contributed by atoms with E-state index in [0.717, 1.165) is 13.0 Å². The summed E-state index contributed by atoms with van der Waals surface area (Å²) in [6.07, 6.45) is 0.914. The van der Waals surface area contributed by atoms with E-state index in [0.29, 0.717) is 35.6 Å². The van der Waals surface area contributed by atoms with E-state index in [1.165, 1.54) is 7.11 Å². The third-order valence-corrected chi connectivity index (χ3v) is 3.20. The Morgan fingerprint density at radius 3 is 2.80 bits per heavy atom. The first-order valence-electron chi connectivity index (χ1n) is 6.32. The SMILES string of the molecule is COc1ccc(-c2nc(C3CCOC3)no2)c(OC)n1. The smallest absolute Gasteiger partial charge is 0.263 e. The zero-order chi connectivity index (χ0) is 13.9. The van der Waals surface area contributed by atoms with E-state index in [-0.39, 0.29) is 5.92 Å². The Hall–Kier alpha value is -2.15. The van der Waals surface area contributed by atoms with Crippen molar-refractivity contribution < 1.29 is 18.7 Å². The van der Waals surface area contributed by atoms with Gasteiger partial charge in [-0.15, -0.1) is 0 Å². The Morgan fingerprint density at radius 2 is 2.10 bits per heavy atom. The summed E-state index contributed by atoms with van der Waals surface area (Å²) < 4.78 is 20.9. The van der Waals surface area contributed by atoms with Gasteiger partial charge >= 0.3 is 0 Å². The summed E-state index contributed by atoms with van der Waals surface area (Å²) in [6, 6.07) is 3.51. The van der Waals surface area contributed by atoms with Gasteiger partial charge in [0.1, 0.15) is 5.56 Å². The molecule has 1 atom stereocenters. The fourth-order valence-electron chi connectivity index (χ4n) is 2.10. The van der Waals surface area contributed by atoms with Gasteiger partial charge in [-0.3, -0.25) is 0 Å². The molecule has 1 saturated heterocycles. The Labute approximate surface area is 115 Å². The molecule has 0 aliphatic carbocycles. The largest absolute Gasteiger partial charge is 0.481 e. The van der Waals surface area contributed by atoms with Crippen molar-refractivity contribution in [1.82, 2.24) is 15.1 Å². The molecule has 0 spiro atoms. The van der Waals surface area contributed by atoms with Gasteiger partial charge in [-0.1, -0.05) is 5.16 Å². The van der Waals surface area contributed by atoms with Crippen LogP contribution in [0.15, 0.2) is 16.7 Å². The Kier molecular flexibility index (Phi) is 3.51. The van der Waals surface area contributed by atoms with Gasteiger partial charge in [0.2, 0.25) is 11.8 Å². The van der Waals surface area contributed by atoms with E-state index in [1.54, 1.807) is 19.2 Å². The molecule has 3 rings (SSSR count). The second-order valence-electron chi connectivity index (χ2n) is 4.43. The number of methoxy groups -OCH3 is 2. The maximum atomic E-state index is 5.33. The topological polar surface area (TPSA) is 79.5 Å². The van der Waals surface area contributed by atoms with Crippen LogP contribution in [-0.4, -0.2) is 42.6 Å². The number of rotatable bonds is 4. The number of hydrogen-bond donors (Lipinski definition) is 0. The molecule has 106 valence electrons. The molecule has 1 aliphatic rings. The Balaban J connectivity index is 1.92. The highest BCUT2D eigenvalue weighted by atomic mass is 16.5. The molecule has 0 saturated carbocycles. The highest BCUT2D eigenvalue weighted by Gasteiger charge is 2.24. The Bertz CT molecular complexity index is 593. The maximum Gasteiger partial charge on any atom is 0.263 e. The molecule has 7 heteroatoms. The zero-order valence-electron chi connectivity index (χ0n) is 11.3. The van der Waals surface area contributed by atoms with Gasteiger partial charge in [0.25, 0.3) is 5.89 Å². The van der Waals surface area contributed by atoms with Crippen molar-refractivity contribution in [3.05, 3.63) is 18.0 Å². The van der Waals surface area contributed by atoms with E-state index in [1.807, 2.05) is 0 Å². The molecule has 1 unspecified atom stereocenters. The maximum absolute atomic E-state index is 5.33. The van der Waals surface area contributed by atoms with Crippen LogP contribution in [0.3, 0.4) is 0 Å². The predicted octanol–water partition coefficient (Wildman–Crippen LogP) is 1.65. The third kappa shape index (κ3) is 2.32. The van der Waals surface area contributed by atoms with Crippen molar-refractivity contribution in [1.29, 1.82) is 0 Å². The summed E-state index contributed by atoms with van der Waals surface area (Å²) in [4.78, 5) is 8.60. The lowest BCUT2D eigenvalue weighted by Crippen LogP contribution is -2.00. The van der Waals surface area contributed by atoms with Gasteiger partial charge in [-0.05, 0) is 12.5 Å². The zero-order valence-corrected chi connectivity index (χ0v) is 11.3. The van der Waals surface area contributed by atoms with Gasteiger partial charge in [-0.25, -0.2) is 0 Å². The summed E-state index contributed by atoms with van der Waals surface area (Å²) in [5.41, 5.74) is 0.644. The fraction of sp³-hybridized carbons (Fsp3) is 0.462. The lowest BCUT2D eigenvalue weighted by Gasteiger charge is -2.05. The number of hydrogen-bond acceptors (Lipinski definition) is 7. The van der Waals surface area contributed by atoms with Crippen LogP contribution >= 0.6 is 0 Å². The fourth-order valence-corrected chi connectivity index (χ4v) is 2.10. The van der Waals surface area contributed by atoms with Crippen LogP contribution in [0.25, 0.3) is 11.5 Å². The van der Waals surface area contributed by atoms with E-state index < -0.39 is 0 Å². The standard InChI is InChI=1S/C13H15N3O4/c1-17-10-4-3-9(12(14-10)18-2)13-15-11(16-20-13)8-5-6-19-7-8/h3-4,8H,5-7H2,1-2H3. The van der Waals surface area contributed by atoms with Gasteiger partial charge < -0.3 is 18.7 Å². The minimum Gasteiger partial charge on any atom is -0.481 e. The molecular formula is C13H15N3O4. The molecule has 0 amide bonds. The van der Waals surface area contributed by atoms with Gasteiger partial charge in [0.15, 0.2) is 5.82 Å². The second kappa shape index (κ2) is 5.46. The first kappa shape index (κ1) is 12.9. The summed E-state index contributed by atoms with van der Waals surface area (Å²) in [5.74, 6) is 2.11. The monoisotopic (exact) mass is 277 g/mol. The van der Waals surface area contributed by atoms with Gasteiger partial charge in [0.05, 0.1) is 20.8 Å². The van der Waals surface area contributed by atoms with E-state index >= 15 is 0 Å². The first-order chi connectivity index (χ1) is 9.81. The first-order valence-corrected chi connectivity index (χ1v) is 6.32. The third-order valence-electron chi connectivity index (χ3n) is 3.20. The molecule has 0 bridgehead atoms. The van der Waals surface area contributed by atoms with Crippen molar-refractivity contribution in [3.8, 4) is 23.2 Å². The average molecular weight is 277 g/mol. The van der Waals surface area contributed by atoms with Crippen LogP contribution in [0.2, 0.25) is 0 Å². The molecule has 2 aromatic rings. The Morgan fingerprint density at radius 1 is 1.20 bits per heavy atom. The average Bonchev–Trinajstić information content (AvgIpc) is 3.17. The number of nitrogens with zero attached hydrogens (tertiary/aromatic N) is 3. The molecule has 7 nitrogen and oxygen atoms in total.